The molecule has 146 valence electrons. The Morgan fingerprint density at radius 3 is 2.28 bits per heavy atom. The van der Waals surface area contributed by atoms with Crippen molar-refractivity contribution in [2.24, 2.45) is 0 Å². The van der Waals surface area contributed by atoms with Crippen LogP contribution in [0.2, 0.25) is 5.02 Å². The van der Waals surface area contributed by atoms with Gasteiger partial charge >= 0.3 is 0 Å². The number of carbonyl (C=O) groups excluding carboxylic acids is 2. The maximum atomic E-state index is 13.2. The lowest BCUT2D eigenvalue weighted by Crippen LogP contribution is -2.57. The van der Waals surface area contributed by atoms with Gasteiger partial charge in [-0.3, -0.25) is 9.59 Å². The highest BCUT2D eigenvalue weighted by Gasteiger charge is 2.36. The second-order valence-corrected chi connectivity index (χ2v) is 7.49. The molecule has 0 bridgehead atoms. The van der Waals surface area contributed by atoms with Gasteiger partial charge in [-0.1, -0.05) is 60.1 Å². The minimum atomic E-state index is -0.546. The Morgan fingerprint density at radius 2 is 1.55 bits per heavy atom. The number of hydrogen-bond acceptors (Lipinski definition) is 2. The van der Waals surface area contributed by atoms with E-state index in [2.05, 4.69) is 0 Å². The lowest BCUT2D eigenvalue weighted by molar-refractivity contribution is -0.124. The van der Waals surface area contributed by atoms with E-state index in [1.807, 2.05) is 54.6 Å². The summed E-state index contributed by atoms with van der Waals surface area (Å²) >= 11 is 5.92. The summed E-state index contributed by atoms with van der Waals surface area (Å²) in [5.74, 6) is -0.236. The second-order valence-electron chi connectivity index (χ2n) is 7.05. The van der Waals surface area contributed by atoms with E-state index in [-0.39, 0.29) is 11.8 Å². The minimum absolute atomic E-state index is 0.0815. The number of para-hydroxylation sites is 1. The van der Waals surface area contributed by atoms with Crippen molar-refractivity contribution in [1.29, 1.82) is 0 Å². The van der Waals surface area contributed by atoms with Crippen LogP contribution < -0.4 is 4.90 Å². The van der Waals surface area contributed by atoms with E-state index in [4.69, 9.17) is 11.6 Å². The summed E-state index contributed by atoms with van der Waals surface area (Å²) < 4.78 is 0. The average molecular weight is 405 g/mol. The Bertz CT molecular complexity index is 1030. The summed E-state index contributed by atoms with van der Waals surface area (Å²) in [5, 5.41) is 0.577. The number of nitrogens with zero attached hydrogens (tertiary/aromatic N) is 2. The lowest BCUT2D eigenvalue weighted by Gasteiger charge is -2.39. The van der Waals surface area contributed by atoms with E-state index in [1.165, 1.54) is 0 Å². The molecule has 1 saturated heterocycles. The Kier molecular flexibility index (Phi) is 5.36. The Labute approximate surface area is 175 Å². The molecule has 1 aliphatic heterocycles. The predicted molar refractivity (Wildman–Crippen MR) is 116 cm³/mol. The van der Waals surface area contributed by atoms with Gasteiger partial charge in [0.15, 0.2) is 0 Å². The zero-order chi connectivity index (χ0) is 20.4. The topological polar surface area (TPSA) is 40.6 Å². The van der Waals surface area contributed by atoms with Crippen LogP contribution in [-0.2, 0) is 4.79 Å². The van der Waals surface area contributed by atoms with Crippen LogP contribution in [0.1, 0.15) is 17.3 Å². The summed E-state index contributed by atoms with van der Waals surface area (Å²) in [5.41, 5.74) is 3.47. The third-order valence-electron chi connectivity index (χ3n) is 5.29. The average Bonchev–Trinajstić information content (AvgIpc) is 2.76. The maximum absolute atomic E-state index is 13.2. The molecular weight excluding hydrogens is 384 g/mol. The van der Waals surface area contributed by atoms with Crippen molar-refractivity contribution in [2.45, 2.75) is 13.0 Å². The maximum Gasteiger partial charge on any atom is 0.254 e. The smallest absolute Gasteiger partial charge is 0.254 e. The summed E-state index contributed by atoms with van der Waals surface area (Å²) in [7, 11) is 0. The number of benzene rings is 3. The van der Waals surface area contributed by atoms with Gasteiger partial charge in [-0.2, -0.15) is 0 Å². The molecular formula is C24H21ClN2O2. The Morgan fingerprint density at radius 1 is 0.897 bits per heavy atom. The van der Waals surface area contributed by atoms with Crippen LogP contribution in [0.25, 0.3) is 11.1 Å². The van der Waals surface area contributed by atoms with Gasteiger partial charge in [-0.25, -0.2) is 0 Å². The molecule has 1 fully saturated rings. The molecule has 4 nitrogen and oxygen atoms in total. The molecule has 2 amide bonds. The van der Waals surface area contributed by atoms with Crippen LogP contribution in [0.3, 0.4) is 0 Å². The van der Waals surface area contributed by atoms with Crippen molar-refractivity contribution in [1.82, 2.24) is 4.90 Å². The van der Waals surface area contributed by atoms with Crippen molar-refractivity contribution in [3.8, 4) is 11.1 Å². The molecule has 3 aromatic rings. The number of carbonyl (C=O) groups is 2. The van der Waals surface area contributed by atoms with Gasteiger partial charge in [0, 0.05) is 29.2 Å². The first-order valence-corrected chi connectivity index (χ1v) is 9.96. The van der Waals surface area contributed by atoms with Gasteiger partial charge in [0.05, 0.1) is 5.69 Å². The normalized spacial score (nSPS) is 16.8. The van der Waals surface area contributed by atoms with Crippen molar-refractivity contribution in [3.05, 3.63) is 89.4 Å². The first kappa shape index (κ1) is 19.2. The Balaban J connectivity index is 1.60. The molecule has 0 radical (unpaired) electrons. The van der Waals surface area contributed by atoms with Gasteiger partial charge in [-0.15, -0.1) is 0 Å². The van der Waals surface area contributed by atoms with Crippen LogP contribution in [0, 0.1) is 0 Å². The van der Waals surface area contributed by atoms with E-state index in [0.717, 1.165) is 16.8 Å². The predicted octanol–water partition coefficient (Wildman–Crippen LogP) is 4.88. The summed E-state index contributed by atoms with van der Waals surface area (Å²) in [6, 6.07) is 24.1. The van der Waals surface area contributed by atoms with Gasteiger partial charge in [0.1, 0.15) is 6.04 Å². The third-order valence-corrected chi connectivity index (χ3v) is 5.54. The van der Waals surface area contributed by atoms with Crippen molar-refractivity contribution >= 4 is 29.1 Å². The first-order chi connectivity index (χ1) is 14.1. The van der Waals surface area contributed by atoms with E-state index >= 15 is 0 Å². The van der Waals surface area contributed by atoms with E-state index in [1.54, 1.807) is 41.0 Å². The molecule has 0 unspecified atom stereocenters. The molecule has 0 spiro atoms. The molecule has 0 N–H and O–H groups in total. The van der Waals surface area contributed by atoms with E-state index in [0.29, 0.717) is 23.7 Å². The lowest BCUT2D eigenvalue weighted by atomic mass is 10.0. The monoisotopic (exact) mass is 404 g/mol. The van der Waals surface area contributed by atoms with Crippen molar-refractivity contribution in [3.63, 3.8) is 0 Å². The fraction of sp³-hybridized carbons (Fsp3) is 0.167. The first-order valence-electron chi connectivity index (χ1n) is 9.58. The largest absolute Gasteiger partial charge is 0.325 e. The van der Waals surface area contributed by atoms with Crippen LogP contribution in [0.4, 0.5) is 5.69 Å². The second kappa shape index (κ2) is 8.10. The molecule has 1 aliphatic rings. The van der Waals surface area contributed by atoms with Crippen molar-refractivity contribution in [2.75, 3.05) is 18.0 Å². The van der Waals surface area contributed by atoms with Crippen LogP contribution in [0.5, 0.6) is 0 Å². The molecule has 1 heterocycles. The summed E-state index contributed by atoms with van der Waals surface area (Å²) in [6.07, 6.45) is 0. The van der Waals surface area contributed by atoms with Crippen LogP contribution >= 0.6 is 11.6 Å². The molecule has 3 aromatic carbocycles. The van der Waals surface area contributed by atoms with Gasteiger partial charge in [0.2, 0.25) is 5.91 Å². The summed E-state index contributed by atoms with van der Waals surface area (Å²) in [6.45, 7) is 2.71. The highest BCUT2D eigenvalue weighted by atomic mass is 35.5. The number of halogens is 1. The molecule has 29 heavy (non-hydrogen) atoms. The fourth-order valence-electron chi connectivity index (χ4n) is 3.72. The standard InChI is InChI=1S/C24H21ClN2O2/c1-17-23(28)27(16-15-26(17)24(29)19-11-13-20(25)14-12-19)22-10-6-5-9-21(22)18-7-3-2-4-8-18/h2-14,17H,15-16H2,1H3/t17-/m0/s1. The quantitative estimate of drug-likeness (QED) is 0.624. The van der Waals surface area contributed by atoms with Gasteiger partial charge < -0.3 is 9.80 Å². The number of amides is 2. The van der Waals surface area contributed by atoms with Gasteiger partial charge in [0.25, 0.3) is 5.91 Å². The highest BCUT2D eigenvalue weighted by molar-refractivity contribution is 6.30. The molecule has 1 atom stereocenters. The number of hydrogen-bond donors (Lipinski definition) is 0. The molecule has 0 aliphatic carbocycles. The van der Waals surface area contributed by atoms with Crippen LogP contribution in [0.15, 0.2) is 78.9 Å². The molecule has 4 rings (SSSR count). The van der Waals surface area contributed by atoms with E-state index < -0.39 is 6.04 Å². The fourth-order valence-corrected chi connectivity index (χ4v) is 3.84. The van der Waals surface area contributed by atoms with Crippen molar-refractivity contribution < 1.29 is 9.59 Å². The highest BCUT2D eigenvalue weighted by Crippen LogP contribution is 2.32. The number of rotatable bonds is 3. The minimum Gasteiger partial charge on any atom is -0.325 e. The molecule has 0 saturated carbocycles. The molecule has 0 aromatic heterocycles. The summed E-state index contributed by atoms with van der Waals surface area (Å²) in [4.78, 5) is 29.6. The number of anilines is 1. The zero-order valence-electron chi connectivity index (χ0n) is 16.1. The SMILES string of the molecule is C[C@H]1C(=O)N(c2ccccc2-c2ccccc2)CCN1C(=O)c1ccc(Cl)cc1. The van der Waals surface area contributed by atoms with Gasteiger partial charge in [-0.05, 0) is 42.8 Å². The van der Waals surface area contributed by atoms with E-state index in [9.17, 15) is 9.59 Å². The zero-order valence-corrected chi connectivity index (χ0v) is 16.8. The third kappa shape index (κ3) is 3.76. The Hall–Kier alpha value is -3.11. The van der Waals surface area contributed by atoms with Crippen LogP contribution in [-0.4, -0.2) is 35.8 Å². The molecule has 5 heteroatoms. The number of piperazine rings is 1.